The van der Waals surface area contributed by atoms with Crippen LogP contribution in [-0.2, 0) is 0 Å². The van der Waals surface area contributed by atoms with E-state index in [0.29, 0.717) is 21.4 Å². The standard InChI is InChI=1S/C21H16ClN3O2S/c22-17-10-8-16(9-11-17)20(26)27-19-12-6-15(7-13-19)14-23-25-21(28)24-18-4-2-1-3-5-18/h1-14H,(H2,24,25,28)/b23-14+. The second-order valence-corrected chi connectivity index (χ2v) is 6.50. The van der Waals surface area contributed by atoms with Crippen molar-refractivity contribution < 1.29 is 9.53 Å². The number of halogens is 1. The summed E-state index contributed by atoms with van der Waals surface area (Å²) >= 11 is 11.0. The number of hydrazone groups is 1. The van der Waals surface area contributed by atoms with Crippen LogP contribution in [0.4, 0.5) is 5.69 Å². The van der Waals surface area contributed by atoms with Gasteiger partial charge in [-0.2, -0.15) is 5.10 Å². The molecule has 7 heteroatoms. The van der Waals surface area contributed by atoms with Crippen LogP contribution < -0.4 is 15.5 Å². The first kappa shape index (κ1) is 19.5. The molecule has 3 aromatic rings. The number of hydrogen-bond acceptors (Lipinski definition) is 4. The van der Waals surface area contributed by atoms with Crippen molar-refractivity contribution in [1.29, 1.82) is 0 Å². The van der Waals surface area contributed by atoms with Gasteiger partial charge in [-0.1, -0.05) is 29.8 Å². The highest BCUT2D eigenvalue weighted by Crippen LogP contribution is 2.15. The Balaban J connectivity index is 1.51. The van der Waals surface area contributed by atoms with E-state index in [1.165, 1.54) is 0 Å². The number of carbonyl (C=O) groups excluding carboxylic acids is 1. The first-order valence-corrected chi connectivity index (χ1v) is 9.12. The van der Waals surface area contributed by atoms with E-state index in [0.717, 1.165) is 11.3 Å². The molecule has 0 spiro atoms. The Morgan fingerprint density at radius 2 is 1.64 bits per heavy atom. The maximum absolute atomic E-state index is 12.1. The molecule has 0 saturated carbocycles. The third kappa shape index (κ3) is 5.90. The molecule has 0 amide bonds. The van der Waals surface area contributed by atoms with Gasteiger partial charge < -0.3 is 10.1 Å². The largest absolute Gasteiger partial charge is 0.423 e. The highest BCUT2D eigenvalue weighted by molar-refractivity contribution is 7.80. The normalized spacial score (nSPS) is 10.5. The molecule has 0 aromatic heterocycles. The van der Waals surface area contributed by atoms with Gasteiger partial charge in [0.05, 0.1) is 11.8 Å². The molecule has 0 atom stereocenters. The molecule has 0 heterocycles. The van der Waals surface area contributed by atoms with Crippen LogP contribution >= 0.6 is 23.8 Å². The quantitative estimate of drug-likeness (QED) is 0.207. The summed E-state index contributed by atoms with van der Waals surface area (Å²) in [7, 11) is 0. The SMILES string of the molecule is O=C(Oc1ccc(/C=N/NC(=S)Nc2ccccc2)cc1)c1ccc(Cl)cc1. The van der Waals surface area contributed by atoms with Crippen LogP contribution in [0.3, 0.4) is 0 Å². The van der Waals surface area contributed by atoms with Crippen LogP contribution in [0.15, 0.2) is 84.0 Å². The van der Waals surface area contributed by atoms with Gasteiger partial charge in [-0.25, -0.2) is 4.79 Å². The number of para-hydroxylation sites is 1. The van der Waals surface area contributed by atoms with Crippen molar-refractivity contribution >= 4 is 46.8 Å². The minimum absolute atomic E-state index is 0.385. The molecule has 2 N–H and O–H groups in total. The molecule has 0 saturated heterocycles. The smallest absolute Gasteiger partial charge is 0.343 e. The Labute approximate surface area is 173 Å². The summed E-state index contributed by atoms with van der Waals surface area (Å²) in [6.07, 6.45) is 1.61. The van der Waals surface area contributed by atoms with Crippen LogP contribution in [0.5, 0.6) is 5.75 Å². The number of carbonyl (C=O) groups is 1. The highest BCUT2D eigenvalue weighted by atomic mass is 35.5. The van der Waals surface area contributed by atoms with Gasteiger partial charge in [0.2, 0.25) is 0 Å². The predicted molar refractivity (Wildman–Crippen MR) is 116 cm³/mol. The van der Waals surface area contributed by atoms with E-state index in [-0.39, 0.29) is 0 Å². The Morgan fingerprint density at radius 3 is 2.32 bits per heavy atom. The van der Waals surface area contributed by atoms with E-state index in [2.05, 4.69) is 15.8 Å². The van der Waals surface area contributed by atoms with Gasteiger partial charge in [0.25, 0.3) is 0 Å². The van der Waals surface area contributed by atoms with E-state index in [1.54, 1.807) is 54.7 Å². The van der Waals surface area contributed by atoms with Crippen molar-refractivity contribution in [3.05, 3.63) is 95.0 Å². The highest BCUT2D eigenvalue weighted by Gasteiger charge is 2.08. The number of anilines is 1. The van der Waals surface area contributed by atoms with Crippen molar-refractivity contribution in [2.75, 3.05) is 5.32 Å². The third-order valence-corrected chi connectivity index (χ3v) is 4.03. The van der Waals surface area contributed by atoms with E-state index in [9.17, 15) is 4.79 Å². The van der Waals surface area contributed by atoms with Crippen LogP contribution in [0, 0.1) is 0 Å². The van der Waals surface area contributed by atoms with Crippen LogP contribution in [0.25, 0.3) is 0 Å². The van der Waals surface area contributed by atoms with Crippen molar-refractivity contribution in [3.8, 4) is 5.75 Å². The number of rotatable bonds is 5. The predicted octanol–water partition coefficient (Wildman–Crippen LogP) is 4.88. The fourth-order valence-corrected chi connectivity index (χ4v) is 2.52. The van der Waals surface area contributed by atoms with Gasteiger partial charge in [-0.3, -0.25) is 5.43 Å². The summed E-state index contributed by atoms with van der Waals surface area (Å²) in [5, 5.41) is 8.05. The van der Waals surface area contributed by atoms with Crippen molar-refractivity contribution in [2.45, 2.75) is 0 Å². The van der Waals surface area contributed by atoms with Crippen LogP contribution in [0.2, 0.25) is 5.02 Å². The number of nitrogens with zero attached hydrogens (tertiary/aromatic N) is 1. The molecule has 0 radical (unpaired) electrons. The van der Waals surface area contributed by atoms with Gasteiger partial charge in [-0.05, 0) is 78.4 Å². The average molecular weight is 410 g/mol. The van der Waals surface area contributed by atoms with Gasteiger partial charge in [0.1, 0.15) is 5.75 Å². The molecular formula is C21H16ClN3O2S. The van der Waals surface area contributed by atoms with Crippen molar-refractivity contribution in [2.24, 2.45) is 5.10 Å². The molecule has 3 aromatic carbocycles. The lowest BCUT2D eigenvalue weighted by atomic mass is 10.2. The minimum Gasteiger partial charge on any atom is -0.423 e. The van der Waals surface area contributed by atoms with Crippen LogP contribution in [0.1, 0.15) is 15.9 Å². The molecule has 28 heavy (non-hydrogen) atoms. The molecule has 0 aliphatic carbocycles. The van der Waals surface area contributed by atoms with E-state index >= 15 is 0 Å². The van der Waals surface area contributed by atoms with Gasteiger partial charge in [-0.15, -0.1) is 0 Å². The first-order valence-electron chi connectivity index (χ1n) is 8.33. The van der Waals surface area contributed by atoms with E-state index < -0.39 is 5.97 Å². The number of benzene rings is 3. The number of thiocarbonyl (C=S) groups is 1. The second-order valence-electron chi connectivity index (χ2n) is 5.66. The van der Waals surface area contributed by atoms with Crippen molar-refractivity contribution in [1.82, 2.24) is 5.43 Å². The second kappa shape index (κ2) is 9.64. The van der Waals surface area contributed by atoms with Gasteiger partial charge in [0.15, 0.2) is 5.11 Å². The number of hydrogen-bond donors (Lipinski definition) is 2. The molecule has 5 nitrogen and oxygen atoms in total. The minimum atomic E-state index is -0.447. The van der Waals surface area contributed by atoms with Gasteiger partial charge >= 0.3 is 5.97 Å². The number of nitrogens with one attached hydrogen (secondary N) is 2. The fraction of sp³-hybridized carbons (Fsp3) is 0. The first-order chi connectivity index (χ1) is 13.6. The van der Waals surface area contributed by atoms with E-state index in [4.69, 9.17) is 28.6 Å². The van der Waals surface area contributed by atoms with Crippen molar-refractivity contribution in [3.63, 3.8) is 0 Å². The molecular weight excluding hydrogens is 394 g/mol. The Morgan fingerprint density at radius 1 is 0.964 bits per heavy atom. The lowest BCUT2D eigenvalue weighted by Crippen LogP contribution is -2.23. The summed E-state index contributed by atoms with van der Waals surface area (Å²) in [4.78, 5) is 12.1. The number of esters is 1. The summed E-state index contributed by atoms with van der Waals surface area (Å²) < 4.78 is 5.33. The Hall–Kier alpha value is -3.22. The molecule has 140 valence electrons. The monoisotopic (exact) mass is 409 g/mol. The maximum Gasteiger partial charge on any atom is 0.343 e. The molecule has 0 unspecified atom stereocenters. The molecule has 0 bridgehead atoms. The maximum atomic E-state index is 12.1. The summed E-state index contributed by atoms with van der Waals surface area (Å²) in [5.74, 6) is -0.0107. The summed E-state index contributed by atoms with van der Waals surface area (Å²) in [6, 6.07) is 23.0. The van der Waals surface area contributed by atoms with E-state index in [1.807, 2.05) is 30.3 Å². The molecule has 0 fully saturated rings. The molecule has 3 rings (SSSR count). The fourth-order valence-electron chi connectivity index (χ4n) is 2.22. The summed E-state index contributed by atoms with van der Waals surface area (Å²) in [6.45, 7) is 0. The molecule has 0 aliphatic heterocycles. The van der Waals surface area contributed by atoms with Crippen LogP contribution in [-0.4, -0.2) is 17.3 Å². The Bertz CT molecular complexity index is 975. The zero-order valence-corrected chi connectivity index (χ0v) is 16.2. The summed E-state index contributed by atoms with van der Waals surface area (Å²) in [5.41, 5.74) is 4.87. The topological polar surface area (TPSA) is 62.7 Å². The lowest BCUT2D eigenvalue weighted by molar-refractivity contribution is 0.0735. The zero-order valence-electron chi connectivity index (χ0n) is 14.6. The molecule has 0 aliphatic rings. The third-order valence-electron chi connectivity index (χ3n) is 3.58. The van der Waals surface area contributed by atoms with Gasteiger partial charge in [0, 0.05) is 10.7 Å². The zero-order chi connectivity index (χ0) is 19.8. The Kier molecular flexibility index (Phi) is 6.73. The average Bonchev–Trinajstić information content (AvgIpc) is 2.70. The number of ether oxygens (including phenoxy) is 1. The lowest BCUT2D eigenvalue weighted by Gasteiger charge is -2.06.